The Hall–Kier alpha value is -3.81. The smallest absolute Gasteiger partial charge is 0.322 e. The number of aromatic nitrogens is 4. The molecule has 0 aliphatic heterocycles. The Bertz CT molecular complexity index is 1180. The van der Waals surface area contributed by atoms with Crippen LogP contribution in [0.5, 0.6) is 0 Å². The van der Waals surface area contributed by atoms with E-state index in [1.807, 2.05) is 30.3 Å². The van der Waals surface area contributed by atoms with Crippen LogP contribution in [0.1, 0.15) is 21.9 Å². The molecule has 1 N–H and O–H groups in total. The van der Waals surface area contributed by atoms with Gasteiger partial charge in [-0.25, -0.2) is 4.68 Å². The Morgan fingerprint density at radius 1 is 1.04 bits per heavy atom. The third kappa shape index (κ3) is 3.32. The average Bonchev–Trinajstić information content (AvgIpc) is 3.09. The van der Waals surface area contributed by atoms with Gasteiger partial charge in [-0.3, -0.25) is 14.9 Å². The monoisotopic (exact) mass is 361 g/mol. The lowest BCUT2D eigenvalue weighted by Gasteiger charge is -2.10. The van der Waals surface area contributed by atoms with Gasteiger partial charge in [-0.05, 0) is 11.6 Å². The number of hydrogen-bond donors (Lipinski definition) is 1. The molecule has 2 heterocycles. The summed E-state index contributed by atoms with van der Waals surface area (Å²) in [7, 11) is 0. The maximum atomic E-state index is 12.8. The SMILES string of the molecule is Cc1nnc(NC(=O)c2nn(Cc3ccccc3)c(=O)c3ccccc23)o1. The lowest BCUT2D eigenvalue weighted by atomic mass is 10.1. The number of amides is 1. The fourth-order valence-corrected chi connectivity index (χ4v) is 2.77. The van der Waals surface area contributed by atoms with E-state index in [0.717, 1.165) is 5.56 Å². The van der Waals surface area contributed by atoms with Gasteiger partial charge in [0.25, 0.3) is 11.5 Å². The van der Waals surface area contributed by atoms with Crippen LogP contribution in [-0.2, 0) is 6.54 Å². The first-order chi connectivity index (χ1) is 13.1. The minimum Gasteiger partial charge on any atom is -0.408 e. The maximum absolute atomic E-state index is 12.8. The second-order valence-corrected chi connectivity index (χ2v) is 5.92. The molecule has 4 aromatic rings. The summed E-state index contributed by atoms with van der Waals surface area (Å²) in [6.07, 6.45) is 0. The van der Waals surface area contributed by atoms with Gasteiger partial charge in [-0.2, -0.15) is 5.10 Å². The third-order valence-electron chi connectivity index (χ3n) is 4.00. The van der Waals surface area contributed by atoms with E-state index in [-0.39, 0.29) is 23.8 Å². The van der Waals surface area contributed by atoms with Crippen molar-refractivity contribution in [2.75, 3.05) is 5.32 Å². The number of hydrogen-bond acceptors (Lipinski definition) is 6. The van der Waals surface area contributed by atoms with Crippen LogP contribution >= 0.6 is 0 Å². The second kappa shape index (κ2) is 6.83. The summed E-state index contributed by atoms with van der Waals surface area (Å²) in [6, 6.07) is 16.3. The minimum absolute atomic E-state index is 0.0239. The molecule has 0 unspecified atom stereocenters. The molecule has 0 atom stereocenters. The third-order valence-corrected chi connectivity index (χ3v) is 4.00. The van der Waals surface area contributed by atoms with E-state index >= 15 is 0 Å². The van der Waals surface area contributed by atoms with Crippen LogP contribution in [-0.4, -0.2) is 25.9 Å². The molecule has 1 amide bonds. The number of carbonyl (C=O) groups is 1. The first kappa shape index (κ1) is 16.6. The van der Waals surface area contributed by atoms with Crippen LogP contribution in [0.3, 0.4) is 0 Å². The molecule has 4 rings (SSSR count). The number of anilines is 1. The van der Waals surface area contributed by atoms with E-state index in [1.165, 1.54) is 4.68 Å². The van der Waals surface area contributed by atoms with Crippen molar-refractivity contribution >= 4 is 22.7 Å². The highest BCUT2D eigenvalue weighted by atomic mass is 16.4. The molecular formula is C19H15N5O3. The molecule has 0 saturated heterocycles. The fourth-order valence-electron chi connectivity index (χ4n) is 2.77. The standard InChI is InChI=1S/C19H15N5O3/c1-12-21-22-19(27-12)20-17(25)16-14-9-5-6-10-15(14)18(26)24(23-16)11-13-7-3-2-4-8-13/h2-10H,11H2,1H3,(H,20,22,25). The van der Waals surface area contributed by atoms with Gasteiger partial charge in [-0.15, -0.1) is 5.10 Å². The van der Waals surface area contributed by atoms with Crippen LogP contribution in [0.15, 0.2) is 63.8 Å². The van der Waals surface area contributed by atoms with E-state index in [9.17, 15) is 9.59 Å². The van der Waals surface area contributed by atoms with Crippen molar-refractivity contribution in [1.29, 1.82) is 0 Å². The van der Waals surface area contributed by atoms with Gasteiger partial charge in [0.1, 0.15) is 0 Å². The van der Waals surface area contributed by atoms with Gasteiger partial charge in [0.05, 0.1) is 11.9 Å². The molecule has 0 spiro atoms. The molecular weight excluding hydrogens is 346 g/mol. The van der Waals surface area contributed by atoms with E-state index in [4.69, 9.17) is 4.42 Å². The van der Waals surface area contributed by atoms with E-state index in [0.29, 0.717) is 16.7 Å². The summed E-state index contributed by atoms with van der Waals surface area (Å²) in [5, 5.41) is 15.1. The molecule has 2 aromatic heterocycles. The maximum Gasteiger partial charge on any atom is 0.322 e. The molecule has 8 nitrogen and oxygen atoms in total. The number of carbonyl (C=O) groups excluding carboxylic acids is 1. The zero-order valence-corrected chi connectivity index (χ0v) is 14.4. The highest BCUT2D eigenvalue weighted by molar-refractivity contribution is 6.10. The molecule has 134 valence electrons. The predicted molar refractivity (Wildman–Crippen MR) is 98.5 cm³/mol. The topological polar surface area (TPSA) is 103 Å². The summed E-state index contributed by atoms with van der Waals surface area (Å²) < 4.78 is 6.47. The first-order valence-electron chi connectivity index (χ1n) is 8.27. The van der Waals surface area contributed by atoms with Gasteiger partial charge >= 0.3 is 6.01 Å². The van der Waals surface area contributed by atoms with Crippen molar-refractivity contribution in [3.8, 4) is 0 Å². The largest absolute Gasteiger partial charge is 0.408 e. The van der Waals surface area contributed by atoms with Crippen LogP contribution in [0, 0.1) is 6.92 Å². The van der Waals surface area contributed by atoms with Crippen LogP contribution in [0.2, 0.25) is 0 Å². The molecule has 0 fully saturated rings. The number of aryl methyl sites for hydroxylation is 1. The minimum atomic E-state index is -0.531. The van der Waals surface area contributed by atoms with Crippen molar-refractivity contribution in [2.45, 2.75) is 13.5 Å². The number of rotatable bonds is 4. The zero-order chi connectivity index (χ0) is 18.8. The van der Waals surface area contributed by atoms with Gasteiger partial charge < -0.3 is 4.42 Å². The predicted octanol–water partition coefficient (Wildman–Crippen LogP) is 2.39. The number of benzene rings is 2. The van der Waals surface area contributed by atoms with Gasteiger partial charge in [0, 0.05) is 12.3 Å². The molecule has 8 heteroatoms. The fraction of sp³-hybridized carbons (Fsp3) is 0.105. The summed E-state index contributed by atoms with van der Waals surface area (Å²) in [4.78, 5) is 25.5. The molecule has 0 radical (unpaired) electrons. The zero-order valence-electron chi connectivity index (χ0n) is 14.4. The summed E-state index contributed by atoms with van der Waals surface area (Å²) >= 11 is 0. The molecule has 0 bridgehead atoms. The van der Waals surface area contributed by atoms with Gasteiger partial charge in [-0.1, -0.05) is 53.6 Å². The molecule has 2 aromatic carbocycles. The average molecular weight is 361 g/mol. The number of nitrogens with zero attached hydrogens (tertiary/aromatic N) is 4. The van der Waals surface area contributed by atoms with Crippen molar-refractivity contribution in [1.82, 2.24) is 20.0 Å². The van der Waals surface area contributed by atoms with Crippen molar-refractivity contribution in [3.63, 3.8) is 0 Å². The first-order valence-corrected chi connectivity index (χ1v) is 8.27. The Labute approximate surface area is 153 Å². The Balaban J connectivity index is 1.80. The van der Waals surface area contributed by atoms with E-state index < -0.39 is 5.91 Å². The molecule has 0 aliphatic carbocycles. The normalized spacial score (nSPS) is 10.9. The Kier molecular flexibility index (Phi) is 4.21. The number of nitrogens with one attached hydrogen (secondary N) is 1. The quantitative estimate of drug-likeness (QED) is 0.599. The second-order valence-electron chi connectivity index (χ2n) is 5.92. The van der Waals surface area contributed by atoms with E-state index in [1.54, 1.807) is 31.2 Å². The van der Waals surface area contributed by atoms with Crippen molar-refractivity contribution < 1.29 is 9.21 Å². The van der Waals surface area contributed by atoms with Crippen LogP contribution in [0.25, 0.3) is 10.8 Å². The number of fused-ring (bicyclic) bond motifs is 1. The lowest BCUT2D eigenvalue weighted by Crippen LogP contribution is -2.28. The van der Waals surface area contributed by atoms with Crippen molar-refractivity contribution in [3.05, 3.63) is 82.1 Å². The van der Waals surface area contributed by atoms with Gasteiger partial charge in [0.2, 0.25) is 5.89 Å². The van der Waals surface area contributed by atoms with Crippen LogP contribution < -0.4 is 10.9 Å². The lowest BCUT2D eigenvalue weighted by molar-refractivity contribution is 0.101. The highest BCUT2D eigenvalue weighted by Crippen LogP contribution is 2.15. The summed E-state index contributed by atoms with van der Waals surface area (Å²) in [5.41, 5.74) is 0.748. The summed E-state index contributed by atoms with van der Waals surface area (Å²) in [5.74, 6) is -0.200. The summed E-state index contributed by atoms with van der Waals surface area (Å²) in [6.45, 7) is 1.88. The molecule has 0 aliphatic rings. The molecule has 27 heavy (non-hydrogen) atoms. The van der Waals surface area contributed by atoms with Crippen molar-refractivity contribution in [2.24, 2.45) is 0 Å². The van der Waals surface area contributed by atoms with Crippen LogP contribution in [0.4, 0.5) is 6.01 Å². The van der Waals surface area contributed by atoms with Gasteiger partial charge in [0.15, 0.2) is 5.69 Å². The molecule has 0 saturated carbocycles. The Morgan fingerprint density at radius 3 is 2.44 bits per heavy atom. The highest BCUT2D eigenvalue weighted by Gasteiger charge is 2.18. The Morgan fingerprint density at radius 2 is 1.74 bits per heavy atom. The van der Waals surface area contributed by atoms with E-state index in [2.05, 4.69) is 20.6 Å².